The zero-order valence-corrected chi connectivity index (χ0v) is 17.5. The fourth-order valence-corrected chi connectivity index (χ4v) is 3.17. The van der Waals surface area contributed by atoms with Crippen LogP contribution in [-0.4, -0.2) is 43.3 Å². The number of carbonyl (C=O) groups is 3. The molecule has 3 rings (SSSR count). The summed E-state index contributed by atoms with van der Waals surface area (Å²) in [6, 6.07) is 13.2. The minimum absolute atomic E-state index is 0.0905. The molecule has 0 spiro atoms. The molecule has 1 aliphatic rings. The molecule has 0 saturated carbocycles. The number of esters is 1. The van der Waals surface area contributed by atoms with Crippen molar-refractivity contribution in [2.75, 3.05) is 29.4 Å². The predicted octanol–water partition coefficient (Wildman–Crippen LogP) is 2.79. The normalized spacial score (nSPS) is 15.1. The Hall–Kier alpha value is -3.88. The second kappa shape index (κ2) is 9.75. The Labute approximate surface area is 180 Å². The van der Waals surface area contributed by atoms with Gasteiger partial charge in [-0.1, -0.05) is 18.2 Å². The van der Waals surface area contributed by atoms with E-state index in [1.165, 1.54) is 19.0 Å². The van der Waals surface area contributed by atoms with Crippen molar-refractivity contribution in [3.8, 4) is 5.75 Å². The average Bonchev–Trinajstić information content (AvgIpc) is 3.20. The molecule has 1 atom stereocenters. The van der Waals surface area contributed by atoms with Crippen LogP contribution in [-0.2, 0) is 19.1 Å². The Morgan fingerprint density at radius 2 is 1.87 bits per heavy atom. The highest BCUT2D eigenvalue weighted by atomic mass is 16.5. The lowest BCUT2D eigenvalue weighted by molar-refractivity contribution is -0.135. The van der Waals surface area contributed by atoms with Gasteiger partial charge in [0.05, 0.1) is 25.1 Å². The quantitative estimate of drug-likeness (QED) is 0.662. The molecule has 0 saturated heterocycles. The highest BCUT2D eigenvalue weighted by Crippen LogP contribution is 2.30. The van der Waals surface area contributed by atoms with E-state index in [0.717, 1.165) is 0 Å². The molecule has 9 nitrogen and oxygen atoms in total. The number of amides is 2. The number of nitrogens with zero attached hydrogens (tertiary/aromatic N) is 2. The van der Waals surface area contributed by atoms with Crippen molar-refractivity contribution < 1.29 is 23.9 Å². The monoisotopic (exact) mass is 424 g/mol. The van der Waals surface area contributed by atoms with Crippen molar-refractivity contribution in [1.29, 1.82) is 0 Å². The number of hydrogen-bond acceptors (Lipinski definition) is 7. The van der Waals surface area contributed by atoms with Crippen molar-refractivity contribution in [2.45, 2.75) is 26.3 Å². The molecular weight excluding hydrogens is 400 g/mol. The maximum Gasteiger partial charge on any atom is 0.354 e. The Kier molecular flexibility index (Phi) is 6.86. The van der Waals surface area contributed by atoms with E-state index in [1.807, 2.05) is 18.2 Å². The summed E-state index contributed by atoms with van der Waals surface area (Å²) < 4.78 is 10.4. The van der Waals surface area contributed by atoms with Crippen LogP contribution in [0.4, 0.5) is 17.1 Å². The summed E-state index contributed by atoms with van der Waals surface area (Å²) in [5.41, 5.74) is 1.74. The lowest BCUT2D eigenvalue weighted by Gasteiger charge is -2.23. The van der Waals surface area contributed by atoms with Gasteiger partial charge in [0.25, 0.3) is 0 Å². The van der Waals surface area contributed by atoms with Crippen LogP contribution >= 0.6 is 0 Å². The lowest BCUT2D eigenvalue weighted by atomic mass is 10.1. The first kappa shape index (κ1) is 21.8. The topological polar surface area (TPSA) is 109 Å². The summed E-state index contributed by atoms with van der Waals surface area (Å²) in [6.45, 7) is 3.32. The highest BCUT2D eigenvalue weighted by Gasteiger charge is 2.37. The Balaban J connectivity index is 1.87. The number of hydrazone groups is 1. The predicted molar refractivity (Wildman–Crippen MR) is 117 cm³/mol. The number of rotatable bonds is 7. The van der Waals surface area contributed by atoms with Crippen LogP contribution in [0, 0.1) is 0 Å². The lowest BCUT2D eigenvalue weighted by Crippen LogP contribution is -2.39. The van der Waals surface area contributed by atoms with Crippen molar-refractivity contribution in [1.82, 2.24) is 0 Å². The van der Waals surface area contributed by atoms with E-state index in [1.54, 1.807) is 37.3 Å². The van der Waals surface area contributed by atoms with E-state index in [-0.39, 0.29) is 30.6 Å². The molecule has 2 aromatic carbocycles. The number of benzene rings is 2. The standard InChI is InChI=1S/C22H24N4O5/c1-4-31-22(29)18-13-19(26(25-18)16-8-6-5-7-9-16)21(28)24-17-12-15(23-14(2)27)10-11-20(17)30-3/h5-12,19H,4,13H2,1-3H3,(H,23,27)(H,24,28). The second-order valence-corrected chi connectivity index (χ2v) is 6.75. The van der Waals surface area contributed by atoms with Gasteiger partial charge in [-0.05, 0) is 37.3 Å². The van der Waals surface area contributed by atoms with Gasteiger partial charge in [0, 0.05) is 19.0 Å². The van der Waals surface area contributed by atoms with Crippen LogP contribution in [0.15, 0.2) is 53.6 Å². The van der Waals surface area contributed by atoms with Crippen LogP contribution in [0.5, 0.6) is 5.75 Å². The maximum atomic E-state index is 13.2. The van der Waals surface area contributed by atoms with Crippen LogP contribution in [0.2, 0.25) is 0 Å². The molecule has 2 amide bonds. The molecule has 0 aliphatic carbocycles. The third-order valence-corrected chi connectivity index (χ3v) is 4.52. The zero-order valence-electron chi connectivity index (χ0n) is 17.5. The molecular formula is C22H24N4O5. The molecule has 0 radical (unpaired) electrons. The maximum absolute atomic E-state index is 13.2. The summed E-state index contributed by atoms with van der Waals surface area (Å²) in [5.74, 6) is -0.742. The summed E-state index contributed by atoms with van der Waals surface area (Å²) >= 11 is 0. The SMILES string of the molecule is CCOC(=O)C1=NN(c2ccccc2)C(C(=O)Nc2cc(NC(C)=O)ccc2OC)C1. The summed E-state index contributed by atoms with van der Waals surface area (Å²) in [5, 5.41) is 11.3. The van der Waals surface area contributed by atoms with Gasteiger partial charge >= 0.3 is 5.97 Å². The Morgan fingerprint density at radius 1 is 1.13 bits per heavy atom. The minimum Gasteiger partial charge on any atom is -0.495 e. The van der Waals surface area contributed by atoms with Crippen molar-refractivity contribution >= 4 is 40.6 Å². The molecule has 0 fully saturated rings. The van der Waals surface area contributed by atoms with Crippen molar-refractivity contribution in [3.63, 3.8) is 0 Å². The third-order valence-electron chi connectivity index (χ3n) is 4.52. The molecule has 1 heterocycles. The van der Waals surface area contributed by atoms with E-state index in [0.29, 0.717) is 22.8 Å². The first-order valence-corrected chi connectivity index (χ1v) is 9.78. The van der Waals surface area contributed by atoms with E-state index < -0.39 is 12.0 Å². The van der Waals surface area contributed by atoms with Gasteiger partial charge in [-0.25, -0.2) is 4.79 Å². The summed E-state index contributed by atoms with van der Waals surface area (Å²) in [7, 11) is 1.48. The number of methoxy groups -OCH3 is 1. The number of para-hydroxylation sites is 1. The Morgan fingerprint density at radius 3 is 2.52 bits per heavy atom. The third kappa shape index (κ3) is 5.19. The summed E-state index contributed by atoms with van der Waals surface area (Å²) in [4.78, 5) is 36.8. The molecule has 2 N–H and O–H groups in total. The minimum atomic E-state index is -0.768. The van der Waals surface area contributed by atoms with Crippen LogP contribution < -0.4 is 20.4 Å². The molecule has 9 heteroatoms. The Bertz CT molecular complexity index is 1010. The fraction of sp³-hybridized carbons (Fsp3) is 0.273. The number of carbonyl (C=O) groups excluding carboxylic acids is 3. The van der Waals surface area contributed by atoms with E-state index in [4.69, 9.17) is 9.47 Å². The van der Waals surface area contributed by atoms with E-state index in [2.05, 4.69) is 15.7 Å². The van der Waals surface area contributed by atoms with Crippen molar-refractivity contribution in [2.24, 2.45) is 5.10 Å². The first-order valence-electron chi connectivity index (χ1n) is 9.78. The van der Waals surface area contributed by atoms with Gasteiger partial charge in [-0.3, -0.25) is 14.6 Å². The molecule has 2 aromatic rings. The van der Waals surface area contributed by atoms with Gasteiger partial charge in [0.1, 0.15) is 17.5 Å². The van der Waals surface area contributed by atoms with Crippen LogP contribution in [0.1, 0.15) is 20.3 Å². The molecule has 1 aliphatic heterocycles. The molecule has 1 unspecified atom stereocenters. The number of anilines is 3. The highest BCUT2D eigenvalue weighted by molar-refractivity contribution is 6.38. The first-order chi connectivity index (χ1) is 14.9. The van der Waals surface area contributed by atoms with Gasteiger partial charge in [-0.15, -0.1) is 0 Å². The molecule has 31 heavy (non-hydrogen) atoms. The molecule has 162 valence electrons. The smallest absolute Gasteiger partial charge is 0.354 e. The van der Waals surface area contributed by atoms with Crippen LogP contribution in [0.25, 0.3) is 0 Å². The van der Waals surface area contributed by atoms with Gasteiger partial charge < -0.3 is 20.1 Å². The largest absolute Gasteiger partial charge is 0.495 e. The van der Waals surface area contributed by atoms with Crippen molar-refractivity contribution in [3.05, 3.63) is 48.5 Å². The second-order valence-electron chi connectivity index (χ2n) is 6.75. The molecule has 0 bridgehead atoms. The fourth-order valence-electron chi connectivity index (χ4n) is 3.17. The summed E-state index contributed by atoms with van der Waals surface area (Å²) in [6.07, 6.45) is 0.0905. The van der Waals surface area contributed by atoms with Gasteiger partial charge in [0.2, 0.25) is 11.8 Å². The van der Waals surface area contributed by atoms with Gasteiger partial charge in [-0.2, -0.15) is 5.10 Å². The van der Waals surface area contributed by atoms with Crippen LogP contribution in [0.3, 0.4) is 0 Å². The average molecular weight is 424 g/mol. The zero-order chi connectivity index (χ0) is 22.4. The van der Waals surface area contributed by atoms with Gasteiger partial charge in [0.15, 0.2) is 0 Å². The number of hydrogen-bond donors (Lipinski definition) is 2. The van der Waals surface area contributed by atoms with E-state index in [9.17, 15) is 14.4 Å². The van der Waals surface area contributed by atoms with E-state index >= 15 is 0 Å². The molecule has 0 aromatic heterocycles. The number of nitrogens with one attached hydrogen (secondary N) is 2. The number of ether oxygens (including phenoxy) is 2.